The zero-order valence-corrected chi connectivity index (χ0v) is 17.2. The zero-order valence-electron chi connectivity index (χ0n) is 17.2. The van der Waals surface area contributed by atoms with Gasteiger partial charge in [-0.15, -0.1) is 0 Å². The predicted octanol–water partition coefficient (Wildman–Crippen LogP) is 4.75. The highest BCUT2D eigenvalue weighted by molar-refractivity contribution is 6.14. The van der Waals surface area contributed by atoms with Crippen molar-refractivity contribution in [1.29, 1.82) is 0 Å². The lowest BCUT2D eigenvalue weighted by molar-refractivity contribution is -0.124. The SMILES string of the molecule is CCC1C(=O)C(c2ccccc2)(c2cccc(NCC3=CC=CCC=C3)c2)N=C1N. The molecule has 1 heterocycles. The van der Waals surface area contributed by atoms with E-state index < -0.39 is 5.54 Å². The second-order valence-electron chi connectivity index (χ2n) is 7.68. The predicted molar refractivity (Wildman–Crippen MR) is 124 cm³/mol. The van der Waals surface area contributed by atoms with Crippen LogP contribution in [0.2, 0.25) is 0 Å². The van der Waals surface area contributed by atoms with E-state index in [2.05, 4.69) is 35.7 Å². The summed E-state index contributed by atoms with van der Waals surface area (Å²) >= 11 is 0. The standard InChI is InChI=1S/C26H27N3O/c1-2-23-24(30)26(29-25(23)27,20-13-8-5-9-14-20)21-15-10-16-22(17-21)28-18-19-11-6-3-4-7-12-19/h3,5-17,23,28H,2,4,18H2,1H3,(H2,27,29). The van der Waals surface area contributed by atoms with Gasteiger partial charge in [-0.1, -0.05) is 79.8 Å². The molecule has 2 aliphatic rings. The molecular weight excluding hydrogens is 370 g/mol. The molecule has 2 atom stereocenters. The number of hydrogen-bond acceptors (Lipinski definition) is 4. The van der Waals surface area contributed by atoms with E-state index in [9.17, 15) is 4.79 Å². The monoisotopic (exact) mass is 397 g/mol. The van der Waals surface area contributed by atoms with Gasteiger partial charge in [-0.2, -0.15) is 0 Å². The Morgan fingerprint density at radius 1 is 1.10 bits per heavy atom. The van der Waals surface area contributed by atoms with Crippen molar-refractivity contribution >= 4 is 17.3 Å². The van der Waals surface area contributed by atoms with Gasteiger partial charge < -0.3 is 11.1 Å². The molecule has 0 saturated heterocycles. The Balaban J connectivity index is 1.71. The molecule has 2 aromatic carbocycles. The van der Waals surface area contributed by atoms with Crippen LogP contribution in [0.3, 0.4) is 0 Å². The van der Waals surface area contributed by atoms with Gasteiger partial charge in [-0.3, -0.25) is 4.79 Å². The maximum Gasteiger partial charge on any atom is 0.180 e. The summed E-state index contributed by atoms with van der Waals surface area (Å²) < 4.78 is 0. The highest BCUT2D eigenvalue weighted by Crippen LogP contribution is 2.42. The van der Waals surface area contributed by atoms with Crippen LogP contribution in [0.15, 0.2) is 95.5 Å². The molecule has 0 saturated carbocycles. The molecule has 0 aromatic heterocycles. The summed E-state index contributed by atoms with van der Waals surface area (Å²) in [6.07, 6.45) is 12.2. The maximum atomic E-state index is 13.6. The van der Waals surface area contributed by atoms with Gasteiger partial charge in [0.15, 0.2) is 11.3 Å². The molecule has 4 nitrogen and oxygen atoms in total. The fraction of sp³-hybridized carbons (Fsp3) is 0.231. The molecule has 2 unspecified atom stereocenters. The Labute approximate surface area is 177 Å². The van der Waals surface area contributed by atoms with E-state index in [0.29, 0.717) is 18.8 Å². The van der Waals surface area contributed by atoms with Crippen molar-refractivity contribution in [2.45, 2.75) is 25.3 Å². The minimum absolute atomic E-state index is 0.0467. The molecule has 0 bridgehead atoms. The van der Waals surface area contributed by atoms with E-state index in [-0.39, 0.29) is 11.7 Å². The summed E-state index contributed by atoms with van der Waals surface area (Å²) in [5, 5.41) is 3.48. The number of benzene rings is 2. The minimum atomic E-state index is -1.09. The number of hydrogen-bond donors (Lipinski definition) is 2. The smallest absolute Gasteiger partial charge is 0.180 e. The molecule has 1 aliphatic carbocycles. The van der Waals surface area contributed by atoms with Crippen molar-refractivity contribution in [1.82, 2.24) is 0 Å². The van der Waals surface area contributed by atoms with Gasteiger partial charge in [0, 0.05) is 12.2 Å². The van der Waals surface area contributed by atoms with Crippen LogP contribution in [0.25, 0.3) is 0 Å². The van der Waals surface area contributed by atoms with Gasteiger partial charge in [0.2, 0.25) is 0 Å². The average molecular weight is 398 g/mol. The molecular formula is C26H27N3O. The Morgan fingerprint density at radius 3 is 2.67 bits per heavy atom. The summed E-state index contributed by atoms with van der Waals surface area (Å²) in [6.45, 7) is 2.69. The van der Waals surface area contributed by atoms with Crippen molar-refractivity contribution in [2.75, 3.05) is 11.9 Å². The van der Waals surface area contributed by atoms with Crippen LogP contribution in [-0.4, -0.2) is 18.2 Å². The number of nitrogens with two attached hydrogens (primary N) is 1. The summed E-state index contributed by atoms with van der Waals surface area (Å²) in [6, 6.07) is 17.7. The number of nitrogens with one attached hydrogen (secondary N) is 1. The molecule has 152 valence electrons. The van der Waals surface area contributed by atoms with E-state index in [1.165, 1.54) is 5.57 Å². The number of nitrogens with zero attached hydrogens (tertiary/aromatic N) is 1. The zero-order chi connectivity index (χ0) is 21.0. The quantitative estimate of drug-likeness (QED) is 0.739. The summed E-state index contributed by atoms with van der Waals surface area (Å²) in [7, 11) is 0. The molecule has 0 amide bonds. The van der Waals surface area contributed by atoms with E-state index >= 15 is 0 Å². The van der Waals surface area contributed by atoms with E-state index in [4.69, 9.17) is 10.7 Å². The molecule has 1 aliphatic heterocycles. The van der Waals surface area contributed by atoms with Crippen LogP contribution in [0.1, 0.15) is 30.9 Å². The number of anilines is 1. The minimum Gasteiger partial charge on any atom is -0.387 e. The summed E-state index contributed by atoms with van der Waals surface area (Å²) in [5.41, 5.74) is 8.99. The lowest BCUT2D eigenvalue weighted by Crippen LogP contribution is -2.36. The van der Waals surface area contributed by atoms with Gasteiger partial charge in [0.25, 0.3) is 0 Å². The van der Waals surface area contributed by atoms with E-state index in [1.807, 2.05) is 61.5 Å². The Morgan fingerprint density at radius 2 is 1.90 bits per heavy atom. The van der Waals surface area contributed by atoms with Gasteiger partial charge in [0.05, 0.1) is 5.92 Å². The molecule has 0 spiro atoms. The molecule has 30 heavy (non-hydrogen) atoms. The van der Waals surface area contributed by atoms with Gasteiger partial charge in [-0.25, -0.2) is 4.99 Å². The molecule has 0 radical (unpaired) electrons. The first kappa shape index (κ1) is 19.9. The summed E-state index contributed by atoms with van der Waals surface area (Å²) in [4.78, 5) is 18.4. The first-order valence-electron chi connectivity index (χ1n) is 10.5. The van der Waals surface area contributed by atoms with Crippen molar-refractivity contribution < 1.29 is 4.79 Å². The van der Waals surface area contributed by atoms with Crippen molar-refractivity contribution in [3.63, 3.8) is 0 Å². The third-order valence-corrected chi connectivity index (χ3v) is 5.75. The van der Waals surface area contributed by atoms with Crippen LogP contribution in [0, 0.1) is 5.92 Å². The number of allylic oxidation sites excluding steroid dienone is 4. The number of rotatable bonds is 6. The van der Waals surface area contributed by atoms with Crippen LogP contribution >= 0.6 is 0 Å². The second-order valence-corrected chi connectivity index (χ2v) is 7.68. The molecule has 4 heteroatoms. The number of carbonyl (C=O) groups excluding carboxylic acids is 1. The van der Waals surface area contributed by atoms with Crippen molar-refractivity contribution in [3.8, 4) is 0 Å². The van der Waals surface area contributed by atoms with Crippen LogP contribution < -0.4 is 11.1 Å². The fourth-order valence-electron chi connectivity index (χ4n) is 4.17. The highest BCUT2D eigenvalue weighted by Gasteiger charge is 2.50. The molecule has 0 fully saturated rings. The lowest BCUT2D eigenvalue weighted by atomic mass is 9.77. The Bertz CT molecular complexity index is 1050. The Hall–Kier alpha value is -3.40. The van der Waals surface area contributed by atoms with Crippen molar-refractivity contribution in [2.24, 2.45) is 16.6 Å². The largest absolute Gasteiger partial charge is 0.387 e. The number of Topliss-reactive ketones (excluding diaryl/α,β-unsaturated/α-hetero) is 1. The lowest BCUT2D eigenvalue weighted by Gasteiger charge is -2.27. The van der Waals surface area contributed by atoms with E-state index in [1.54, 1.807) is 0 Å². The third kappa shape index (κ3) is 3.61. The van der Waals surface area contributed by atoms with Crippen LogP contribution in [-0.2, 0) is 10.3 Å². The van der Waals surface area contributed by atoms with Gasteiger partial charge in [-0.05, 0) is 41.7 Å². The average Bonchev–Trinajstić information content (AvgIpc) is 2.93. The molecule has 2 aromatic rings. The Kier molecular flexibility index (Phi) is 5.66. The van der Waals surface area contributed by atoms with E-state index in [0.717, 1.165) is 23.2 Å². The van der Waals surface area contributed by atoms with Crippen LogP contribution in [0.4, 0.5) is 5.69 Å². The van der Waals surface area contributed by atoms with Crippen molar-refractivity contribution in [3.05, 3.63) is 102 Å². The normalized spacial score (nSPS) is 23.1. The first-order valence-corrected chi connectivity index (χ1v) is 10.5. The fourth-order valence-corrected chi connectivity index (χ4v) is 4.17. The van der Waals surface area contributed by atoms with Crippen LogP contribution in [0.5, 0.6) is 0 Å². The number of ketones is 1. The first-order chi connectivity index (χ1) is 14.6. The summed E-state index contributed by atoms with van der Waals surface area (Å²) in [5.74, 6) is 0.116. The topological polar surface area (TPSA) is 67.5 Å². The maximum absolute atomic E-state index is 13.6. The third-order valence-electron chi connectivity index (χ3n) is 5.75. The second kappa shape index (κ2) is 8.54. The van der Waals surface area contributed by atoms with Gasteiger partial charge in [0.1, 0.15) is 5.84 Å². The highest BCUT2D eigenvalue weighted by atomic mass is 16.1. The molecule has 3 N–H and O–H groups in total. The number of aliphatic imine (C=N–C) groups is 1. The molecule has 4 rings (SSSR count). The number of amidine groups is 1. The number of carbonyl (C=O) groups is 1. The van der Waals surface area contributed by atoms with Gasteiger partial charge >= 0.3 is 0 Å².